The number of aromatic amines is 1. The van der Waals surface area contributed by atoms with Gasteiger partial charge in [-0.3, -0.25) is 14.6 Å². The van der Waals surface area contributed by atoms with E-state index in [0.717, 1.165) is 19.4 Å². The van der Waals surface area contributed by atoms with Gasteiger partial charge in [0, 0.05) is 48.7 Å². The molecule has 6 heteroatoms. The number of nitrogens with one attached hydrogen (secondary N) is 1. The fraction of sp³-hybridized carbons (Fsp3) is 0.375. The number of aryl methyl sites for hydroxylation is 1. The Hall–Kier alpha value is -2.50. The molecule has 0 radical (unpaired) electrons. The van der Waals surface area contributed by atoms with Crippen molar-refractivity contribution in [2.24, 2.45) is 0 Å². The van der Waals surface area contributed by atoms with Gasteiger partial charge in [0.05, 0.1) is 0 Å². The summed E-state index contributed by atoms with van der Waals surface area (Å²) < 4.78 is 0. The molecular weight excluding hydrogens is 280 g/mol. The minimum atomic E-state index is -0.139. The van der Waals surface area contributed by atoms with Crippen LogP contribution < -0.4 is 5.56 Å². The number of hydrogen-bond acceptors (Lipinski definition) is 4. The number of likely N-dealkylation sites (tertiary alicyclic amines) is 1. The van der Waals surface area contributed by atoms with Crippen LogP contribution in [0.3, 0.4) is 0 Å². The van der Waals surface area contributed by atoms with Gasteiger partial charge in [-0.1, -0.05) is 0 Å². The number of carbonyl (C=O) groups excluding carboxylic acids is 1. The van der Waals surface area contributed by atoms with Crippen LogP contribution in [0.2, 0.25) is 0 Å². The van der Waals surface area contributed by atoms with E-state index in [2.05, 4.69) is 15.0 Å². The molecule has 0 aromatic carbocycles. The van der Waals surface area contributed by atoms with E-state index < -0.39 is 0 Å². The standard InChI is InChI=1S/C16H18N4O2/c1-11-9-14(21)19-15(18-11)13-3-2-8-20(10-13)16(22)12-4-6-17-7-5-12/h4-7,9,13H,2-3,8,10H2,1H3,(H,18,19,21). The number of hydrogen-bond donors (Lipinski definition) is 1. The molecule has 1 fully saturated rings. The highest BCUT2D eigenvalue weighted by atomic mass is 16.2. The van der Waals surface area contributed by atoms with Gasteiger partial charge in [-0.25, -0.2) is 4.98 Å². The third-order valence-corrected chi connectivity index (χ3v) is 3.91. The van der Waals surface area contributed by atoms with Crippen molar-refractivity contribution in [1.29, 1.82) is 0 Å². The Balaban J connectivity index is 1.79. The van der Waals surface area contributed by atoms with Gasteiger partial charge in [0.25, 0.3) is 11.5 Å². The van der Waals surface area contributed by atoms with Crippen LogP contribution in [-0.4, -0.2) is 38.8 Å². The second-order valence-corrected chi connectivity index (χ2v) is 5.60. The largest absolute Gasteiger partial charge is 0.338 e. The van der Waals surface area contributed by atoms with Crippen LogP contribution in [0.5, 0.6) is 0 Å². The van der Waals surface area contributed by atoms with Crippen LogP contribution in [-0.2, 0) is 0 Å². The Morgan fingerprint density at radius 1 is 1.36 bits per heavy atom. The summed E-state index contributed by atoms with van der Waals surface area (Å²) in [6, 6.07) is 4.92. The van der Waals surface area contributed by atoms with E-state index in [1.54, 1.807) is 24.5 Å². The van der Waals surface area contributed by atoms with E-state index in [1.165, 1.54) is 6.07 Å². The van der Waals surface area contributed by atoms with Crippen LogP contribution >= 0.6 is 0 Å². The molecule has 0 bridgehead atoms. The number of nitrogens with zero attached hydrogens (tertiary/aromatic N) is 3. The summed E-state index contributed by atoms with van der Waals surface area (Å²) in [4.78, 5) is 37.1. The monoisotopic (exact) mass is 298 g/mol. The molecule has 2 aromatic rings. The molecule has 3 rings (SSSR count). The van der Waals surface area contributed by atoms with E-state index in [4.69, 9.17) is 0 Å². The summed E-state index contributed by atoms with van der Waals surface area (Å²) in [6.07, 6.45) is 5.06. The van der Waals surface area contributed by atoms with E-state index >= 15 is 0 Å². The minimum Gasteiger partial charge on any atom is -0.338 e. The molecule has 3 heterocycles. The number of aromatic nitrogens is 3. The first-order chi connectivity index (χ1) is 10.6. The summed E-state index contributed by atoms with van der Waals surface area (Å²) in [7, 11) is 0. The number of pyridine rings is 1. The predicted molar refractivity (Wildman–Crippen MR) is 81.7 cm³/mol. The molecule has 1 saturated heterocycles. The summed E-state index contributed by atoms with van der Waals surface area (Å²) >= 11 is 0. The molecule has 0 saturated carbocycles. The fourth-order valence-electron chi connectivity index (χ4n) is 2.86. The molecule has 6 nitrogen and oxygen atoms in total. The Labute approximate surface area is 128 Å². The lowest BCUT2D eigenvalue weighted by molar-refractivity contribution is 0.0704. The number of piperidine rings is 1. The highest BCUT2D eigenvalue weighted by molar-refractivity contribution is 5.94. The molecule has 1 atom stereocenters. The van der Waals surface area contributed by atoms with Gasteiger partial charge in [0.15, 0.2) is 0 Å². The van der Waals surface area contributed by atoms with Gasteiger partial charge in [0.1, 0.15) is 5.82 Å². The Morgan fingerprint density at radius 3 is 2.86 bits per heavy atom. The summed E-state index contributed by atoms with van der Waals surface area (Å²) in [5, 5.41) is 0. The SMILES string of the molecule is Cc1cc(=O)[nH]c(C2CCCN(C(=O)c3ccncc3)C2)n1. The van der Waals surface area contributed by atoms with Crippen molar-refractivity contribution >= 4 is 5.91 Å². The first kappa shape index (κ1) is 14.4. The van der Waals surface area contributed by atoms with Crippen LogP contribution in [0.4, 0.5) is 0 Å². The Morgan fingerprint density at radius 2 is 2.14 bits per heavy atom. The summed E-state index contributed by atoms with van der Waals surface area (Å²) in [5.41, 5.74) is 1.21. The quantitative estimate of drug-likeness (QED) is 0.911. The smallest absolute Gasteiger partial charge is 0.253 e. The van der Waals surface area contributed by atoms with Crippen molar-refractivity contribution in [3.05, 3.63) is 58.0 Å². The topological polar surface area (TPSA) is 79.0 Å². The number of carbonyl (C=O) groups is 1. The third kappa shape index (κ3) is 3.05. The van der Waals surface area contributed by atoms with Gasteiger partial charge < -0.3 is 9.88 Å². The predicted octanol–water partition coefficient (Wildman–Crippen LogP) is 1.49. The average molecular weight is 298 g/mol. The molecule has 0 spiro atoms. The Bertz CT molecular complexity index is 726. The molecule has 0 aliphatic carbocycles. The van der Waals surface area contributed by atoms with E-state index in [0.29, 0.717) is 23.6 Å². The van der Waals surface area contributed by atoms with E-state index in [9.17, 15) is 9.59 Å². The maximum Gasteiger partial charge on any atom is 0.253 e. The van der Waals surface area contributed by atoms with Crippen LogP contribution in [0.1, 0.15) is 40.6 Å². The maximum absolute atomic E-state index is 12.5. The Kier molecular flexibility index (Phi) is 4.00. The molecule has 1 amide bonds. The zero-order valence-electron chi connectivity index (χ0n) is 12.5. The number of H-pyrrole nitrogens is 1. The van der Waals surface area contributed by atoms with Gasteiger partial charge in [0.2, 0.25) is 0 Å². The lowest BCUT2D eigenvalue weighted by atomic mass is 9.96. The van der Waals surface area contributed by atoms with Crippen LogP contribution in [0.25, 0.3) is 0 Å². The first-order valence-corrected chi connectivity index (χ1v) is 7.40. The van der Waals surface area contributed by atoms with Crippen molar-refractivity contribution < 1.29 is 4.79 Å². The molecule has 1 aliphatic heterocycles. The van der Waals surface area contributed by atoms with Crippen LogP contribution in [0, 0.1) is 6.92 Å². The van der Waals surface area contributed by atoms with Gasteiger partial charge in [-0.2, -0.15) is 0 Å². The van der Waals surface area contributed by atoms with Crippen LogP contribution in [0.15, 0.2) is 35.4 Å². The number of rotatable bonds is 2. The van der Waals surface area contributed by atoms with Gasteiger partial charge in [-0.15, -0.1) is 0 Å². The average Bonchev–Trinajstić information content (AvgIpc) is 2.54. The van der Waals surface area contributed by atoms with Crippen molar-refractivity contribution in [1.82, 2.24) is 19.9 Å². The highest BCUT2D eigenvalue weighted by Crippen LogP contribution is 2.25. The first-order valence-electron chi connectivity index (χ1n) is 7.40. The summed E-state index contributed by atoms with van der Waals surface area (Å²) in [5.74, 6) is 0.756. The third-order valence-electron chi connectivity index (χ3n) is 3.91. The number of amides is 1. The molecule has 22 heavy (non-hydrogen) atoms. The van der Waals surface area contributed by atoms with Crippen molar-refractivity contribution in [2.45, 2.75) is 25.7 Å². The molecule has 114 valence electrons. The second-order valence-electron chi connectivity index (χ2n) is 5.60. The molecule has 2 aromatic heterocycles. The zero-order chi connectivity index (χ0) is 15.5. The van der Waals surface area contributed by atoms with E-state index in [1.807, 2.05) is 11.8 Å². The maximum atomic E-state index is 12.5. The van der Waals surface area contributed by atoms with Crippen molar-refractivity contribution in [2.75, 3.05) is 13.1 Å². The minimum absolute atomic E-state index is 0.00194. The van der Waals surface area contributed by atoms with Crippen molar-refractivity contribution in [3.63, 3.8) is 0 Å². The highest BCUT2D eigenvalue weighted by Gasteiger charge is 2.26. The van der Waals surface area contributed by atoms with E-state index in [-0.39, 0.29) is 17.4 Å². The lowest BCUT2D eigenvalue weighted by Crippen LogP contribution is -2.40. The molecule has 1 N–H and O–H groups in total. The normalized spacial score (nSPS) is 18.2. The lowest BCUT2D eigenvalue weighted by Gasteiger charge is -2.32. The fourth-order valence-corrected chi connectivity index (χ4v) is 2.86. The van der Waals surface area contributed by atoms with Gasteiger partial charge in [-0.05, 0) is 31.9 Å². The van der Waals surface area contributed by atoms with Gasteiger partial charge >= 0.3 is 0 Å². The molecular formula is C16H18N4O2. The molecule has 1 unspecified atom stereocenters. The molecule has 1 aliphatic rings. The summed E-state index contributed by atoms with van der Waals surface area (Å²) in [6.45, 7) is 3.11. The zero-order valence-corrected chi connectivity index (χ0v) is 12.5. The second kappa shape index (κ2) is 6.09. The van der Waals surface area contributed by atoms with Crippen molar-refractivity contribution in [3.8, 4) is 0 Å².